The molecular formula is C86H113IN4O9. The Balaban J connectivity index is 0.000000155. The Hall–Kier alpha value is -7.04. The first-order valence-corrected chi connectivity index (χ1v) is 36.7. The van der Waals surface area contributed by atoms with Crippen molar-refractivity contribution < 1.29 is 38.8 Å². The molecule has 0 spiro atoms. The van der Waals surface area contributed by atoms with E-state index >= 15 is 0 Å². The van der Waals surface area contributed by atoms with Crippen LogP contribution in [0.15, 0.2) is 131 Å². The molecule has 0 saturated heterocycles. The molecule has 0 unspecified atom stereocenters. The summed E-state index contributed by atoms with van der Waals surface area (Å²) in [5.41, 5.74) is 10.1. The third-order valence-electron chi connectivity index (χ3n) is 21.0. The number of halogens is 1. The van der Waals surface area contributed by atoms with Crippen LogP contribution in [0.4, 0.5) is 11.4 Å². The molecule has 6 aliphatic carbocycles. The maximum atomic E-state index is 12.7. The first-order chi connectivity index (χ1) is 45.7. The number of carbonyl (C=O) groups is 4. The van der Waals surface area contributed by atoms with Gasteiger partial charge in [0, 0.05) is 84.3 Å². The summed E-state index contributed by atoms with van der Waals surface area (Å²) in [6, 6.07) is 30.5. The van der Waals surface area contributed by atoms with Gasteiger partial charge in [-0.05, 0) is 139 Å². The Morgan fingerprint density at radius 3 is 1.61 bits per heavy atom. The number of para-hydroxylation sites is 4. The molecule has 0 amide bonds. The quantitative estimate of drug-likeness (QED) is 0.0432. The average molecular weight is 1470 g/mol. The lowest BCUT2D eigenvalue weighted by molar-refractivity contribution is -0.385. The van der Waals surface area contributed by atoms with Crippen molar-refractivity contribution in [2.75, 3.05) is 6.61 Å². The summed E-state index contributed by atoms with van der Waals surface area (Å²) in [7, 11) is 0. The highest BCUT2D eigenvalue weighted by molar-refractivity contribution is 14.1. The molecule has 4 aromatic carbocycles. The first-order valence-electron chi connectivity index (χ1n) is 35.6. The van der Waals surface area contributed by atoms with Gasteiger partial charge in [-0.2, -0.15) is 9.47 Å². The highest BCUT2D eigenvalue weighted by atomic mass is 127. The molecule has 3 heterocycles. The molecule has 0 fully saturated rings. The second-order valence-corrected chi connectivity index (χ2v) is 38.4. The van der Waals surface area contributed by atoms with Crippen molar-refractivity contribution in [2.24, 2.45) is 54.1 Å². The summed E-state index contributed by atoms with van der Waals surface area (Å²) >= 11 is 2.14. The number of fused-ring (bicyclic) bond motifs is 9. The van der Waals surface area contributed by atoms with E-state index in [1.807, 2.05) is 110 Å². The number of nitrogens with zero attached hydrogens (tertiary/aromatic N) is 3. The van der Waals surface area contributed by atoms with Crippen molar-refractivity contribution in [3.8, 4) is 0 Å². The van der Waals surface area contributed by atoms with Crippen molar-refractivity contribution in [3.63, 3.8) is 0 Å². The molecule has 13 rings (SSSR count). The molecule has 100 heavy (non-hydrogen) atoms. The van der Waals surface area contributed by atoms with E-state index in [4.69, 9.17) is 4.74 Å². The fourth-order valence-corrected chi connectivity index (χ4v) is 20.1. The summed E-state index contributed by atoms with van der Waals surface area (Å²) in [5, 5.41) is 36.3. The number of benzene rings is 4. The van der Waals surface area contributed by atoms with E-state index in [0.29, 0.717) is 28.0 Å². The first kappa shape index (κ1) is 78.7. The zero-order chi connectivity index (χ0) is 75.1. The average Bonchev–Trinajstić information content (AvgIpc) is 1.56. The van der Waals surface area contributed by atoms with E-state index in [0.717, 1.165) is 87.1 Å². The van der Waals surface area contributed by atoms with Crippen molar-refractivity contribution in [1.82, 2.24) is 9.71 Å². The van der Waals surface area contributed by atoms with Crippen LogP contribution in [-0.4, -0.2) is 60.0 Å². The minimum atomic E-state index is -0.503. The number of carbonyl (C=O) groups excluding carboxylic acids is 4. The van der Waals surface area contributed by atoms with E-state index in [-0.39, 0.29) is 88.7 Å². The molecule has 538 valence electrons. The van der Waals surface area contributed by atoms with Crippen molar-refractivity contribution in [1.29, 1.82) is 0 Å². The number of ketones is 4. The van der Waals surface area contributed by atoms with Crippen LogP contribution >= 0.6 is 22.6 Å². The Labute approximate surface area is 609 Å². The number of aromatic nitrogens is 2. The van der Waals surface area contributed by atoms with Crippen LogP contribution in [0.1, 0.15) is 256 Å². The molecular weight excluding hydrogens is 1360 g/mol. The van der Waals surface area contributed by atoms with E-state index in [1.54, 1.807) is 24.3 Å². The van der Waals surface area contributed by atoms with Gasteiger partial charge in [-0.25, -0.2) is 0 Å². The fraction of sp³-hybridized carbons (Fsp3) is 0.523. The van der Waals surface area contributed by atoms with Gasteiger partial charge < -0.3 is 20.1 Å². The number of nitrogens with one attached hydrogen (secondary N) is 1. The topological polar surface area (TPSA) is 188 Å². The number of rotatable bonds is 4. The minimum Gasteiger partial charge on any atom is -0.618 e. The molecule has 2 N–H and O–H groups in total. The van der Waals surface area contributed by atoms with Gasteiger partial charge in [0.2, 0.25) is 11.4 Å². The molecule has 0 bridgehead atoms. The Kier molecular flexibility index (Phi) is 21.5. The number of H-pyrrole nitrogens is 1. The van der Waals surface area contributed by atoms with Crippen LogP contribution in [0, 0.1) is 69.5 Å². The standard InChI is InChI=1S/C18H25NO.C16H19NO3.C16H19NO2.C16H19NO.C10H15IO.C10H16O/c1-6-20-16-14-12-9-7-8-10-13(12)19-15(14)17(2,3)11-18(16,4)5;1-15(2)9-12(14(18)16(3,4)10-15)11-7-5-6-8-13(11)17(19)20;1-15(2)9-16(3,4)14(18)12-10-7-5-6-8-11(10)17(19)13(12)15;1-15(2)9-12-11-7-5-6-8-13(11)17(18)14(12)16(3,4)10-15;1-9(2)5-7(11)8(12)10(3,4)6-9;1-9(2)6-5-8(11)10(3,4)7-9/h7-10,16,19H,6,11H2,1-5H3;5-9H,10H2,1-4H3;5-8,19H,9H2,1-4H3;5-9H,10H2,1-4H3;5H,6H2,1-4H3;5-6H,7H2,1-4H3/t16-;;;;;/m1...../s1. The maximum Gasteiger partial charge on any atom is 0.277 e. The lowest BCUT2D eigenvalue weighted by Gasteiger charge is -2.46. The van der Waals surface area contributed by atoms with Gasteiger partial charge in [0.15, 0.2) is 23.1 Å². The van der Waals surface area contributed by atoms with Crippen LogP contribution in [0.25, 0.3) is 33.0 Å². The molecule has 1 atom stereocenters. The van der Waals surface area contributed by atoms with Gasteiger partial charge >= 0.3 is 0 Å². The molecule has 13 nitrogen and oxygen atoms in total. The molecule has 1 aliphatic heterocycles. The van der Waals surface area contributed by atoms with E-state index in [2.05, 4.69) is 188 Å². The van der Waals surface area contributed by atoms with Gasteiger partial charge in [0.25, 0.3) is 5.69 Å². The summed E-state index contributed by atoms with van der Waals surface area (Å²) < 4.78 is 9.40. The second kappa shape index (κ2) is 27.3. The Bertz CT molecular complexity index is 4380. The van der Waals surface area contributed by atoms with Crippen LogP contribution in [0.2, 0.25) is 0 Å². The molecule has 0 saturated carbocycles. The van der Waals surface area contributed by atoms with Gasteiger partial charge in [-0.3, -0.25) is 29.3 Å². The number of nitro benzene ring substituents is 1. The normalized spacial score (nSPS) is 23.1. The Morgan fingerprint density at radius 2 is 1.04 bits per heavy atom. The largest absolute Gasteiger partial charge is 0.618 e. The molecule has 2 aromatic heterocycles. The van der Waals surface area contributed by atoms with E-state index in [9.17, 15) is 39.7 Å². The van der Waals surface area contributed by atoms with Crippen LogP contribution in [0.5, 0.6) is 0 Å². The molecule has 7 aliphatic rings. The van der Waals surface area contributed by atoms with Crippen LogP contribution in [0.3, 0.4) is 0 Å². The maximum absolute atomic E-state index is 12.7. The highest BCUT2D eigenvalue weighted by Gasteiger charge is 2.51. The number of hydrogen-bond acceptors (Lipinski definition) is 9. The third-order valence-corrected chi connectivity index (χ3v) is 21.8. The lowest BCUT2D eigenvalue weighted by atomic mass is 9.63. The van der Waals surface area contributed by atoms with Crippen molar-refractivity contribution in [3.05, 3.63) is 180 Å². The SMILES string of the molecule is CC1(C)C=C(I)C(=O)C(C)(C)C1.CC1(C)C=C(c2ccccc2[N+](=O)[O-])C(=O)C(C)(C)C1.CC1(C)C=C2C(=[N+]([O-])c3ccccc32)C(C)(C)C1.CC1(C)C=CC(=O)C(C)(C)C1.CC1(C)CC(C)(C)c2c(c3ccccc3n2O)C1=O.CCO[C@@H]1c2c([nH]c3ccccc23)C(C)(C)CC1(C)C. The number of Topliss-reactive ketones (excluding diaryl/α,β-unsaturated/α-hetero) is 3. The van der Waals surface area contributed by atoms with Gasteiger partial charge in [0.05, 0.1) is 53.5 Å². The summed E-state index contributed by atoms with van der Waals surface area (Å²) in [6.07, 6.45) is 15.7. The van der Waals surface area contributed by atoms with Crippen molar-refractivity contribution in [2.45, 2.75) is 229 Å². The highest BCUT2D eigenvalue weighted by Crippen LogP contribution is 2.56. The van der Waals surface area contributed by atoms with Crippen LogP contribution in [-0.2, 0) is 30.0 Å². The van der Waals surface area contributed by atoms with E-state index < -0.39 is 10.3 Å². The summed E-state index contributed by atoms with van der Waals surface area (Å²) in [4.78, 5) is 62.7. The van der Waals surface area contributed by atoms with E-state index in [1.165, 1.54) is 33.0 Å². The minimum absolute atomic E-state index is 0.0133. The predicted octanol–water partition coefficient (Wildman–Crippen LogP) is 22.7. The monoisotopic (exact) mass is 1470 g/mol. The molecule has 6 aromatic rings. The zero-order valence-electron chi connectivity index (χ0n) is 64.6. The summed E-state index contributed by atoms with van der Waals surface area (Å²) in [5.74, 6) is 0.663. The fourth-order valence-electron chi connectivity index (χ4n) is 18.5. The number of ether oxygens (including phenoxy) is 1. The van der Waals surface area contributed by atoms with Gasteiger partial charge in [0.1, 0.15) is 0 Å². The predicted molar refractivity (Wildman–Crippen MR) is 418 cm³/mol. The molecule has 14 heteroatoms. The van der Waals surface area contributed by atoms with Crippen molar-refractivity contribution >= 4 is 95.8 Å². The van der Waals surface area contributed by atoms with Gasteiger partial charge in [-0.15, -0.1) is 0 Å². The smallest absolute Gasteiger partial charge is 0.277 e. The van der Waals surface area contributed by atoms with Crippen LogP contribution < -0.4 is 0 Å². The third kappa shape index (κ3) is 16.2. The zero-order valence-corrected chi connectivity index (χ0v) is 66.7. The second-order valence-electron chi connectivity index (χ2n) is 37.3. The molecule has 0 radical (unpaired) electrons. The number of aromatic amines is 1. The number of nitro groups is 1. The Morgan fingerprint density at radius 1 is 0.550 bits per heavy atom. The number of allylic oxidation sites excluding steroid dienone is 8. The summed E-state index contributed by atoms with van der Waals surface area (Å²) in [6.45, 7) is 53.9. The lowest BCUT2D eigenvalue weighted by Crippen LogP contribution is -2.40. The number of hydrogen-bond donors (Lipinski definition) is 2. The van der Waals surface area contributed by atoms with Gasteiger partial charge in [-0.1, -0.05) is 237 Å².